The van der Waals surface area contributed by atoms with E-state index < -0.39 is 0 Å². The fourth-order valence-electron chi connectivity index (χ4n) is 1.12. The highest BCUT2D eigenvalue weighted by Crippen LogP contribution is 1.79. The van der Waals surface area contributed by atoms with Gasteiger partial charge in [-0.25, -0.2) is 0 Å². The smallest absolute Gasteiger partial charge is 0.211 e. The summed E-state index contributed by atoms with van der Waals surface area (Å²) in [7, 11) is 0. The van der Waals surface area contributed by atoms with Crippen LogP contribution in [-0.4, -0.2) is 71.2 Å². The first-order chi connectivity index (χ1) is 18.1. The van der Waals surface area contributed by atoms with Crippen LogP contribution in [0.1, 0.15) is 41.5 Å². The molecule has 0 rings (SSSR count). The molecule has 0 heterocycles. The Morgan fingerprint density at radius 3 is 1.05 bits per heavy atom. The highest BCUT2D eigenvalue weighted by atomic mass is 15.3. The van der Waals surface area contributed by atoms with Crippen LogP contribution in [0, 0.1) is 5.41 Å². The van der Waals surface area contributed by atoms with Crippen LogP contribution in [0.5, 0.6) is 0 Å². The summed E-state index contributed by atoms with van der Waals surface area (Å²) in [6.45, 7) is 9.85. The quantitative estimate of drug-likeness (QED) is 0.0804. The monoisotopic (exact) mass is 549 g/mol. The molecule has 21 heteroatoms. The second-order valence-electron chi connectivity index (χ2n) is 6.77. The van der Waals surface area contributed by atoms with Gasteiger partial charge in [0, 0.05) is 0 Å². The Hall–Kier alpha value is -5.76. The standard InChI is InChI=1S/3C6H13N7/c3*1-4(11-13-6(8)9)3-10-12-5(2)7/h3*3H,1-2H3,(H2,7,12)(H4,8,9,13)/b3*10-3-,11-4-. The molecule has 0 amide bonds. The Bertz CT molecular complexity index is 1000. The van der Waals surface area contributed by atoms with Crippen LogP contribution >= 0.6 is 0 Å². The number of hydrogen-bond acceptors (Lipinski definition) is 12. The lowest BCUT2D eigenvalue weighted by Gasteiger charge is -1.92. The molecule has 0 spiro atoms. The van der Waals surface area contributed by atoms with E-state index in [0.29, 0.717) is 28.8 Å². The number of amidine groups is 3. The lowest BCUT2D eigenvalue weighted by molar-refractivity contribution is 1.01. The predicted octanol–water partition coefficient (Wildman–Crippen LogP) is -2.79. The van der Waals surface area contributed by atoms with Gasteiger partial charge in [0.15, 0.2) is 0 Å². The van der Waals surface area contributed by atoms with Crippen molar-refractivity contribution < 1.29 is 0 Å². The molecule has 0 bridgehead atoms. The van der Waals surface area contributed by atoms with Gasteiger partial charge in [-0.1, -0.05) is 0 Å². The average molecular weight is 550 g/mol. The molecule has 0 aromatic heterocycles. The Balaban J connectivity index is -0.000000498. The summed E-state index contributed by atoms with van der Waals surface area (Å²) >= 11 is 0. The van der Waals surface area contributed by atoms with Crippen molar-refractivity contribution in [2.75, 3.05) is 0 Å². The van der Waals surface area contributed by atoms with Gasteiger partial charge in [0.1, 0.15) is 17.5 Å². The third-order valence-corrected chi connectivity index (χ3v) is 2.37. The fraction of sp³-hybridized carbons (Fsp3) is 0.333. The molecule has 0 saturated heterocycles. The Labute approximate surface area is 226 Å². The summed E-state index contributed by atoms with van der Waals surface area (Å²) in [4.78, 5) is 0. The molecule has 216 valence electrons. The Morgan fingerprint density at radius 2 is 0.795 bits per heavy atom. The first kappa shape index (κ1) is 37.8. The van der Waals surface area contributed by atoms with Gasteiger partial charge < -0.3 is 45.9 Å². The number of guanidine groups is 3. The van der Waals surface area contributed by atoms with Crippen LogP contribution in [0.15, 0.2) is 56.1 Å². The second kappa shape index (κ2) is 24.0. The van der Waals surface area contributed by atoms with E-state index >= 15 is 0 Å². The van der Waals surface area contributed by atoms with Crippen LogP contribution in [-0.2, 0) is 0 Å². The molecule has 0 unspecified atom stereocenters. The normalized spacial score (nSPS) is 12.7. The van der Waals surface area contributed by atoms with Crippen molar-refractivity contribution in [2.45, 2.75) is 41.5 Å². The largest absolute Gasteiger partial charge is 0.386 e. The molecule has 0 radical (unpaired) electrons. The minimum Gasteiger partial charge on any atom is -0.386 e. The average Bonchev–Trinajstić information content (AvgIpc) is 2.80. The molecule has 0 saturated carbocycles. The molecule has 0 aromatic rings. The van der Waals surface area contributed by atoms with Crippen molar-refractivity contribution in [1.82, 2.24) is 5.43 Å². The number of nitrogens with one attached hydrogen (secondary N) is 2. The lowest BCUT2D eigenvalue weighted by atomic mass is 10.5. The van der Waals surface area contributed by atoms with Crippen LogP contribution in [0.4, 0.5) is 0 Å². The van der Waals surface area contributed by atoms with E-state index in [2.05, 4.69) is 61.5 Å². The SMILES string of the molecule is CC(=N)N/N=C\C(C)=N/N=C(N)N.CC(N)=N/N=C\C(C)=N/N=C(N)N.CC(N)=N/N=C\C(C)=N/N=C(N)N. The maximum Gasteiger partial charge on any atom is 0.211 e. The van der Waals surface area contributed by atoms with E-state index in [-0.39, 0.29) is 23.7 Å². The molecule has 39 heavy (non-hydrogen) atoms. The van der Waals surface area contributed by atoms with Gasteiger partial charge in [0.05, 0.1) is 35.8 Å². The second-order valence-corrected chi connectivity index (χ2v) is 6.77. The highest BCUT2D eigenvalue weighted by molar-refractivity contribution is 6.30. The van der Waals surface area contributed by atoms with E-state index in [1.54, 1.807) is 41.5 Å². The number of hydrogen-bond donors (Lipinski definition) is 10. The predicted molar refractivity (Wildman–Crippen MR) is 163 cm³/mol. The summed E-state index contributed by atoms with van der Waals surface area (Å²) in [6.07, 6.45) is 4.19. The summed E-state index contributed by atoms with van der Waals surface area (Å²) in [6, 6.07) is 0. The van der Waals surface area contributed by atoms with Crippen molar-refractivity contribution in [3.63, 3.8) is 0 Å². The molecular formula is C18H39N21. The highest BCUT2D eigenvalue weighted by Gasteiger charge is 1.85. The van der Waals surface area contributed by atoms with E-state index in [4.69, 9.17) is 51.3 Å². The van der Waals surface area contributed by atoms with E-state index in [0.717, 1.165) is 0 Å². The van der Waals surface area contributed by atoms with Crippen molar-refractivity contribution in [1.29, 1.82) is 5.41 Å². The maximum atomic E-state index is 6.98. The number of nitrogens with two attached hydrogens (primary N) is 8. The van der Waals surface area contributed by atoms with E-state index in [9.17, 15) is 0 Å². The van der Waals surface area contributed by atoms with Gasteiger partial charge in [0.2, 0.25) is 17.9 Å². The minimum atomic E-state index is -0.107. The molecule has 0 fully saturated rings. The summed E-state index contributed by atoms with van der Waals surface area (Å²) in [5, 5.41) is 46.1. The molecule has 18 N–H and O–H groups in total. The first-order valence-corrected chi connectivity index (χ1v) is 10.5. The van der Waals surface area contributed by atoms with Gasteiger partial charge in [-0.05, 0) is 41.5 Å². The summed E-state index contributed by atoms with van der Waals surface area (Å²) in [5.41, 5.74) is 44.7. The van der Waals surface area contributed by atoms with Crippen molar-refractivity contribution in [2.24, 2.45) is 102 Å². The third-order valence-electron chi connectivity index (χ3n) is 2.37. The fourth-order valence-corrected chi connectivity index (χ4v) is 1.12. The van der Waals surface area contributed by atoms with Crippen LogP contribution in [0.3, 0.4) is 0 Å². The summed E-state index contributed by atoms with van der Waals surface area (Å²) < 4.78 is 0. The molecule has 0 aliphatic rings. The van der Waals surface area contributed by atoms with Gasteiger partial charge in [0.25, 0.3) is 0 Å². The molecule has 0 atom stereocenters. The minimum absolute atomic E-state index is 0.105. The lowest BCUT2D eigenvalue weighted by Crippen LogP contribution is -2.22. The van der Waals surface area contributed by atoms with Crippen molar-refractivity contribution in [3.8, 4) is 0 Å². The Morgan fingerprint density at radius 1 is 0.487 bits per heavy atom. The molecular weight excluding hydrogens is 510 g/mol. The summed E-state index contributed by atoms with van der Waals surface area (Å²) in [5.74, 6) is 0.657. The number of nitrogens with zero attached hydrogens (tertiary/aromatic N) is 11. The van der Waals surface area contributed by atoms with Gasteiger partial charge >= 0.3 is 0 Å². The Kier molecular flexibility index (Phi) is 23.2. The van der Waals surface area contributed by atoms with Crippen LogP contribution < -0.4 is 51.3 Å². The number of rotatable bonds is 9. The first-order valence-electron chi connectivity index (χ1n) is 10.5. The zero-order valence-electron chi connectivity index (χ0n) is 22.8. The van der Waals surface area contributed by atoms with Gasteiger partial charge in [-0.15, -0.1) is 25.5 Å². The molecule has 21 nitrogen and oxygen atoms in total. The van der Waals surface area contributed by atoms with Crippen LogP contribution in [0.25, 0.3) is 0 Å². The number of hydrazone groups is 1. The van der Waals surface area contributed by atoms with Crippen molar-refractivity contribution >= 4 is 71.2 Å². The van der Waals surface area contributed by atoms with Gasteiger partial charge in [-0.2, -0.15) is 30.6 Å². The zero-order valence-corrected chi connectivity index (χ0v) is 22.8. The van der Waals surface area contributed by atoms with Crippen molar-refractivity contribution in [3.05, 3.63) is 0 Å². The third kappa shape index (κ3) is 39.7. The van der Waals surface area contributed by atoms with Gasteiger partial charge in [-0.3, -0.25) is 10.8 Å². The maximum absolute atomic E-state index is 6.98. The van der Waals surface area contributed by atoms with E-state index in [1.807, 2.05) is 0 Å². The van der Waals surface area contributed by atoms with E-state index in [1.165, 1.54) is 18.6 Å². The molecule has 0 aliphatic carbocycles. The van der Waals surface area contributed by atoms with Crippen LogP contribution in [0.2, 0.25) is 0 Å². The zero-order chi connectivity index (χ0) is 30.8. The topological polar surface area (TPSA) is 380 Å². The molecule has 0 aliphatic heterocycles. The molecule has 0 aromatic carbocycles.